The van der Waals surface area contributed by atoms with Gasteiger partial charge in [-0.1, -0.05) is 13.0 Å². The number of benzene rings is 1. The lowest BCUT2D eigenvalue weighted by Crippen LogP contribution is -2.58. The highest BCUT2D eigenvalue weighted by Crippen LogP contribution is 2.23. The van der Waals surface area contributed by atoms with Gasteiger partial charge in [0.1, 0.15) is 12.6 Å². The third-order valence-electron chi connectivity index (χ3n) is 3.08. The van der Waals surface area contributed by atoms with E-state index in [1.807, 2.05) is 32.0 Å². The molecule has 0 aromatic heterocycles. The first-order valence-electron chi connectivity index (χ1n) is 5.89. The molecule has 1 saturated heterocycles. The van der Waals surface area contributed by atoms with E-state index in [0.29, 0.717) is 6.42 Å². The van der Waals surface area contributed by atoms with Crippen molar-refractivity contribution in [1.29, 1.82) is 0 Å². The van der Waals surface area contributed by atoms with Gasteiger partial charge in [0.25, 0.3) is 0 Å². The van der Waals surface area contributed by atoms with E-state index in [2.05, 4.69) is 27.9 Å². The maximum Gasteiger partial charge on any atom is 0.250 e. The molecule has 0 saturated carbocycles. The van der Waals surface area contributed by atoms with Crippen LogP contribution in [-0.4, -0.2) is 24.4 Å². The van der Waals surface area contributed by atoms with Crippen molar-refractivity contribution < 1.29 is 9.59 Å². The summed E-state index contributed by atoms with van der Waals surface area (Å²) in [6, 6.07) is 5.41. The minimum atomic E-state index is -0.398. The number of carbonyl (C=O) groups is 2. The maximum atomic E-state index is 12.2. The second-order valence-electron chi connectivity index (χ2n) is 4.39. The summed E-state index contributed by atoms with van der Waals surface area (Å²) in [5.74, 6) is -0.131. The van der Waals surface area contributed by atoms with E-state index in [-0.39, 0.29) is 18.4 Å². The van der Waals surface area contributed by atoms with Crippen molar-refractivity contribution in [3.05, 3.63) is 27.3 Å². The molecule has 1 N–H and O–H groups in total. The lowest BCUT2D eigenvalue weighted by molar-refractivity contribution is -0.131. The molecule has 4 nitrogen and oxygen atoms in total. The summed E-state index contributed by atoms with van der Waals surface area (Å²) in [7, 11) is 0. The average molecular weight is 358 g/mol. The Morgan fingerprint density at radius 1 is 1.44 bits per heavy atom. The third-order valence-corrected chi connectivity index (χ3v) is 4.24. The zero-order valence-electron chi connectivity index (χ0n) is 10.4. The fraction of sp³-hybridized carbons (Fsp3) is 0.385. The highest BCUT2D eigenvalue weighted by Gasteiger charge is 2.32. The molecule has 1 heterocycles. The predicted octanol–water partition coefficient (Wildman–Crippen LogP) is 1.84. The van der Waals surface area contributed by atoms with Crippen molar-refractivity contribution in [3.63, 3.8) is 0 Å². The molecule has 1 unspecified atom stereocenters. The maximum absolute atomic E-state index is 12.2. The molecule has 0 radical (unpaired) electrons. The summed E-state index contributed by atoms with van der Waals surface area (Å²) in [6.45, 7) is 4.02. The van der Waals surface area contributed by atoms with E-state index in [1.54, 1.807) is 4.90 Å². The predicted molar refractivity (Wildman–Crippen MR) is 78.5 cm³/mol. The van der Waals surface area contributed by atoms with Crippen molar-refractivity contribution in [2.24, 2.45) is 0 Å². The molecule has 2 rings (SSSR count). The summed E-state index contributed by atoms with van der Waals surface area (Å²) in [5.41, 5.74) is 1.96. The molecule has 0 spiro atoms. The van der Waals surface area contributed by atoms with Gasteiger partial charge in [0.05, 0.1) is 0 Å². The first-order valence-corrected chi connectivity index (χ1v) is 6.97. The van der Waals surface area contributed by atoms with Crippen molar-refractivity contribution in [1.82, 2.24) is 5.32 Å². The van der Waals surface area contributed by atoms with Gasteiger partial charge in [0.15, 0.2) is 0 Å². The highest BCUT2D eigenvalue weighted by atomic mass is 127. The number of aryl methyl sites for hydroxylation is 1. The van der Waals surface area contributed by atoms with Crippen LogP contribution in [0, 0.1) is 10.5 Å². The summed E-state index contributed by atoms with van der Waals surface area (Å²) < 4.78 is 1.09. The van der Waals surface area contributed by atoms with Crippen LogP contribution in [0.5, 0.6) is 0 Å². The number of piperazine rings is 1. The van der Waals surface area contributed by atoms with Gasteiger partial charge in [-0.2, -0.15) is 0 Å². The number of rotatable bonds is 2. The van der Waals surface area contributed by atoms with Crippen LogP contribution in [0.25, 0.3) is 0 Å². The van der Waals surface area contributed by atoms with Crippen LogP contribution in [0.3, 0.4) is 0 Å². The fourth-order valence-corrected chi connectivity index (χ4v) is 2.46. The Balaban J connectivity index is 2.33. The number of halogens is 1. The van der Waals surface area contributed by atoms with E-state index in [4.69, 9.17) is 0 Å². The first kappa shape index (κ1) is 13.3. The first-order chi connectivity index (χ1) is 8.52. The smallest absolute Gasteiger partial charge is 0.250 e. The summed E-state index contributed by atoms with van der Waals surface area (Å²) in [6.07, 6.45) is 0.615. The third kappa shape index (κ3) is 2.50. The van der Waals surface area contributed by atoms with Gasteiger partial charge in [-0.05, 0) is 53.6 Å². The van der Waals surface area contributed by atoms with Gasteiger partial charge >= 0.3 is 0 Å². The molecule has 1 aliphatic rings. The largest absolute Gasteiger partial charge is 0.343 e. The van der Waals surface area contributed by atoms with E-state index >= 15 is 0 Å². The Kier molecular flexibility index (Phi) is 3.89. The van der Waals surface area contributed by atoms with Crippen LogP contribution in [0.2, 0.25) is 0 Å². The molecule has 1 aromatic rings. The SMILES string of the molecule is CCC1NC(=O)CN(c2ccc(C)c(I)c2)C1=O. The molecule has 1 aromatic carbocycles. The molecule has 5 heteroatoms. The number of carbonyl (C=O) groups excluding carboxylic acids is 2. The van der Waals surface area contributed by atoms with Crippen molar-refractivity contribution >= 4 is 40.1 Å². The molecule has 1 fully saturated rings. The van der Waals surface area contributed by atoms with Crippen LogP contribution >= 0.6 is 22.6 Å². The fourth-order valence-electron chi connectivity index (χ4n) is 1.96. The standard InChI is InChI=1S/C13H15IN2O2/c1-3-11-13(18)16(7-12(17)15-11)9-5-4-8(2)10(14)6-9/h4-6,11H,3,7H2,1-2H3,(H,15,17). The number of nitrogens with zero attached hydrogens (tertiary/aromatic N) is 1. The minimum Gasteiger partial charge on any atom is -0.343 e. The van der Waals surface area contributed by atoms with Gasteiger partial charge in [0, 0.05) is 9.26 Å². The normalized spacial score (nSPS) is 19.9. The van der Waals surface area contributed by atoms with Gasteiger partial charge in [-0.15, -0.1) is 0 Å². The van der Waals surface area contributed by atoms with Crippen molar-refractivity contribution in [2.75, 3.05) is 11.4 Å². The highest BCUT2D eigenvalue weighted by molar-refractivity contribution is 14.1. The van der Waals surface area contributed by atoms with Crippen LogP contribution in [0.15, 0.2) is 18.2 Å². The number of anilines is 1. The Hall–Kier alpha value is -1.11. The number of nitrogens with one attached hydrogen (secondary N) is 1. The summed E-state index contributed by atoms with van der Waals surface area (Å²) in [4.78, 5) is 25.4. The lowest BCUT2D eigenvalue weighted by atomic mass is 10.1. The average Bonchev–Trinajstić information content (AvgIpc) is 2.35. The Morgan fingerprint density at radius 2 is 2.17 bits per heavy atom. The lowest BCUT2D eigenvalue weighted by Gasteiger charge is -2.32. The van der Waals surface area contributed by atoms with E-state index < -0.39 is 6.04 Å². The van der Waals surface area contributed by atoms with Gasteiger partial charge in [0.2, 0.25) is 11.8 Å². The molecule has 1 atom stereocenters. The van der Waals surface area contributed by atoms with E-state index in [1.165, 1.54) is 5.56 Å². The second kappa shape index (κ2) is 5.26. The monoisotopic (exact) mass is 358 g/mol. The van der Waals surface area contributed by atoms with Gasteiger partial charge in [-0.25, -0.2) is 0 Å². The molecular formula is C13H15IN2O2. The Labute approximate surface area is 120 Å². The molecule has 0 aliphatic carbocycles. The minimum absolute atomic E-state index is 0.0308. The second-order valence-corrected chi connectivity index (χ2v) is 5.55. The Bertz CT molecular complexity index is 502. The van der Waals surface area contributed by atoms with Gasteiger partial charge in [-0.3, -0.25) is 9.59 Å². The van der Waals surface area contributed by atoms with Crippen LogP contribution in [-0.2, 0) is 9.59 Å². The zero-order valence-corrected chi connectivity index (χ0v) is 12.5. The topological polar surface area (TPSA) is 49.4 Å². The number of amides is 2. The van der Waals surface area contributed by atoms with Crippen molar-refractivity contribution in [2.45, 2.75) is 26.3 Å². The number of hydrogen-bond acceptors (Lipinski definition) is 2. The van der Waals surface area contributed by atoms with Crippen LogP contribution in [0.4, 0.5) is 5.69 Å². The molecule has 96 valence electrons. The molecular weight excluding hydrogens is 343 g/mol. The summed E-state index contributed by atoms with van der Waals surface area (Å²) in [5, 5.41) is 2.71. The molecule has 1 aliphatic heterocycles. The quantitative estimate of drug-likeness (QED) is 0.821. The van der Waals surface area contributed by atoms with Crippen LogP contribution < -0.4 is 10.2 Å². The van der Waals surface area contributed by atoms with Crippen molar-refractivity contribution in [3.8, 4) is 0 Å². The molecule has 18 heavy (non-hydrogen) atoms. The van der Waals surface area contributed by atoms with Gasteiger partial charge < -0.3 is 10.2 Å². The number of hydrogen-bond donors (Lipinski definition) is 1. The van der Waals surface area contributed by atoms with Crippen LogP contribution in [0.1, 0.15) is 18.9 Å². The molecule has 2 amide bonds. The van der Waals surface area contributed by atoms with E-state index in [0.717, 1.165) is 9.26 Å². The zero-order chi connectivity index (χ0) is 13.3. The Morgan fingerprint density at radius 3 is 2.78 bits per heavy atom. The molecule has 0 bridgehead atoms. The van der Waals surface area contributed by atoms with E-state index in [9.17, 15) is 9.59 Å². The summed E-state index contributed by atoms with van der Waals surface area (Å²) >= 11 is 2.23.